The van der Waals surface area contributed by atoms with Crippen LogP contribution in [0.1, 0.15) is 20.3 Å². The van der Waals surface area contributed by atoms with Crippen molar-refractivity contribution in [1.82, 2.24) is 0 Å². The van der Waals surface area contributed by atoms with Gasteiger partial charge >= 0.3 is 0 Å². The average Bonchev–Trinajstić information content (AvgIpc) is 2.27. The first-order chi connectivity index (χ1) is 7.22. The number of benzene rings is 1. The van der Waals surface area contributed by atoms with E-state index in [-0.39, 0.29) is 0 Å². The third-order valence-electron chi connectivity index (χ3n) is 3.06. The van der Waals surface area contributed by atoms with Crippen molar-refractivity contribution < 1.29 is 0 Å². The van der Waals surface area contributed by atoms with Gasteiger partial charge in [0.2, 0.25) is 0 Å². The van der Waals surface area contributed by atoms with Crippen molar-refractivity contribution in [2.45, 2.75) is 26.3 Å². The SMILES string of the molecule is CCC(C)N1CCNc2ccc(Br)cc21. The number of nitrogens with one attached hydrogen (secondary N) is 1. The quantitative estimate of drug-likeness (QED) is 0.884. The standard InChI is InChI=1S/C12H17BrN2/c1-3-9(2)15-7-6-14-11-5-4-10(13)8-12(11)15/h4-5,8-9,14H,3,6-7H2,1-2H3. The molecule has 82 valence electrons. The van der Waals surface area contributed by atoms with Crippen LogP contribution in [0.2, 0.25) is 0 Å². The van der Waals surface area contributed by atoms with Crippen LogP contribution in [0, 0.1) is 0 Å². The second kappa shape index (κ2) is 4.44. The molecular formula is C12H17BrN2. The number of hydrogen-bond donors (Lipinski definition) is 1. The van der Waals surface area contributed by atoms with Gasteiger partial charge in [0, 0.05) is 23.6 Å². The lowest BCUT2D eigenvalue weighted by atomic mass is 10.1. The van der Waals surface area contributed by atoms with Crippen LogP contribution >= 0.6 is 15.9 Å². The van der Waals surface area contributed by atoms with Gasteiger partial charge in [-0.2, -0.15) is 0 Å². The summed E-state index contributed by atoms with van der Waals surface area (Å²) in [5.41, 5.74) is 2.58. The van der Waals surface area contributed by atoms with E-state index in [0.29, 0.717) is 6.04 Å². The Morgan fingerprint density at radius 1 is 1.53 bits per heavy atom. The van der Waals surface area contributed by atoms with Gasteiger partial charge in [-0.05, 0) is 31.5 Å². The Labute approximate surface area is 99.8 Å². The molecule has 1 heterocycles. The van der Waals surface area contributed by atoms with Crippen LogP contribution < -0.4 is 10.2 Å². The lowest BCUT2D eigenvalue weighted by Crippen LogP contribution is -2.40. The molecule has 15 heavy (non-hydrogen) atoms. The van der Waals surface area contributed by atoms with Crippen molar-refractivity contribution in [3.8, 4) is 0 Å². The molecule has 0 bridgehead atoms. The van der Waals surface area contributed by atoms with Crippen LogP contribution in [-0.2, 0) is 0 Å². The summed E-state index contributed by atoms with van der Waals surface area (Å²) >= 11 is 3.53. The van der Waals surface area contributed by atoms with E-state index in [9.17, 15) is 0 Å². The topological polar surface area (TPSA) is 15.3 Å². The summed E-state index contributed by atoms with van der Waals surface area (Å²) in [7, 11) is 0. The van der Waals surface area contributed by atoms with E-state index >= 15 is 0 Å². The minimum Gasteiger partial charge on any atom is -0.382 e. The predicted octanol–water partition coefficient (Wildman–Crippen LogP) is 3.48. The molecule has 0 saturated heterocycles. The zero-order chi connectivity index (χ0) is 10.8. The molecule has 3 heteroatoms. The average molecular weight is 269 g/mol. The maximum atomic E-state index is 3.53. The highest BCUT2D eigenvalue weighted by atomic mass is 79.9. The van der Waals surface area contributed by atoms with Gasteiger partial charge in [0.1, 0.15) is 0 Å². The maximum Gasteiger partial charge on any atom is 0.0616 e. The third kappa shape index (κ3) is 2.12. The number of anilines is 2. The van der Waals surface area contributed by atoms with E-state index in [2.05, 4.69) is 58.2 Å². The van der Waals surface area contributed by atoms with Gasteiger partial charge in [-0.15, -0.1) is 0 Å². The molecule has 1 atom stereocenters. The largest absolute Gasteiger partial charge is 0.382 e. The summed E-state index contributed by atoms with van der Waals surface area (Å²) < 4.78 is 1.15. The first-order valence-corrected chi connectivity index (χ1v) is 6.31. The Morgan fingerprint density at radius 2 is 2.33 bits per heavy atom. The Kier molecular flexibility index (Phi) is 3.19. The van der Waals surface area contributed by atoms with Crippen molar-refractivity contribution in [2.75, 3.05) is 23.3 Å². The van der Waals surface area contributed by atoms with E-state index in [4.69, 9.17) is 0 Å². The fourth-order valence-corrected chi connectivity index (χ4v) is 2.35. The van der Waals surface area contributed by atoms with E-state index in [0.717, 1.165) is 17.6 Å². The fourth-order valence-electron chi connectivity index (χ4n) is 2.00. The molecule has 1 aromatic carbocycles. The Morgan fingerprint density at radius 3 is 3.07 bits per heavy atom. The molecule has 0 amide bonds. The highest BCUT2D eigenvalue weighted by Crippen LogP contribution is 2.33. The number of rotatable bonds is 2. The van der Waals surface area contributed by atoms with E-state index in [1.54, 1.807) is 0 Å². The summed E-state index contributed by atoms with van der Waals surface area (Å²) in [6.07, 6.45) is 1.19. The van der Waals surface area contributed by atoms with Crippen LogP contribution in [0.3, 0.4) is 0 Å². The molecule has 2 rings (SSSR count). The molecule has 1 N–H and O–H groups in total. The normalized spacial score (nSPS) is 16.9. The van der Waals surface area contributed by atoms with Gasteiger partial charge in [0.25, 0.3) is 0 Å². The maximum absolute atomic E-state index is 3.53. The van der Waals surface area contributed by atoms with Crippen LogP contribution in [0.5, 0.6) is 0 Å². The van der Waals surface area contributed by atoms with Crippen molar-refractivity contribution in [1.29, 1.82) is 0 Å². The predicted molar refractivity (Wildman–Crippen MR) is 69.7 cm³/mol. The molecule has 0 aliphatic carbocycles. The van der Waals surface area contributed by atoms with Gasteiger partial charge in [-0.1, -0.05) is 22.9 Å². The van der Waals surface area contributed by atoms with E-state index in [1.165, 1.54) is 17.8 Å². The van der Waals surface area contributed by atoms with Crippen LogP contribution in [0.4, 0.5) is 11.4 Å². The van der Waals surface area contributed by atoms with Gasteiger partial charge in [-0.25, -0.2) is 0 Å². The van der Waals surface area contributed by atoms with Gasteiger partial charge in [0.05, 0.1) is 11.4 Å². The van der Waals surface area contributed by atoms with Crippen molar-refractivity contribution in [3.05, 3.63) is 22.7 Å². The molecule has 0 spiro atoms. The molecular weight excluding hydrogens is 252 g/mol. The minimum absolute atomic E-state index is 0.611. The Bertz CT molecular complexity index is 351. The molecule has 1 aromatic rings. The molecule has 1 unspecified atom stereocenters. The number of nitrogens with zero attached hydrogens (tertiary/aromatic N) is 1. The first kappa shape index (κ1) is 10.8. The third-order valence-corrected chi connectivity index (χ3v) is 3.55. The highest BCUT2D eigenvalue weighted by molar-refractivity contribution is 9.10. The molecule has 0 fully saturated rings. The zero-order valence-electron chi connectivity index (χ0n) is 9.26. The second-order valence-corrected chi connectivity index (χ2v) is 4.95. The smallest absolute Gasteiger partial charge is 0.0616 e. The van der Waals surface area contributed by atoms with E-state index in [1.807, 2.05) is 0 Å². The number of halogens is 1. The van der Waals surface area contributed by atoms with Crippen molar-refractivity contribution >= 4 is 27.3 Å². The minimum atomic E-state index is 0.611. The molecule has 0 saturated carbocycles. The lowest BCUT2D eigenvalue weighted by molar-refractivity contribution is 0.616. The van der Waals surface area contributed by atoms with Crippen LogP contribution in [-0.4, -0.2) is 19.1 Å². The highest BCUT2D eigenvalue weighted by Gasteiger charge is 2.19. The van der Waals surface area contributed by atoms with E-state index < -0.39 is 0 Å². The Balaban J connectivity index is 2.36. The van der Waals surface area contributed by atoms with Crippen molar-refractivity contribution in [3.63, 3.8) is 0 Å². The van der Waals surface area contributed by atoms with Gasteiger partial charge in [-0.3, -0.25) is 0 Å². The summed E-state index contributed by atoms with van der Waals surface area (Å²) in [4.78, 5) is 2.48. The molecule has 1 aliphatic rings. The monoisotopic (exact) mass is 268 g/mol. The number of fused-ring (bicyclic) bond motifs is 1. The second-order valence-electron chi connectivity index (χ2n) is 4.04. The summed E-state index contributed by atoms with van der Waals surface area (Å²) in [5.74, 6) is 0. The summed E-state index contributed by atoms with van der Waals surface area (Å²) in [6, 6.07) is 7.05. The van der Waals surface area contributed by atoms with Crippen molar-refractivity contribution in [2.24, 2.45) is 0 Å². The summed E-state index contributed by atoms with van der Waals surface area (Å²) in [6.45, 7) is 6.66. The van der Waals surface area contributed by atoms with Gasteiger partial charge < -0.3 is 10.2 Å². The molecule has 0 radical (unpaired) electrons. The van der Waals surface area contributed by atoms with Crippen LogP contribution in [0.15, 0.2) is 22.7 Å². The Hall–Kier alpha value is -0.700. The number of hydrogen-bond acceptors (Lipinski definition) is 2. The first-order valence-electron chi connectivity index (χ1n) is 5.52. The molecule has 0 aromatic heterocycles. The van der Waals surface area contributed by atoms with Gasteiger partial charge in [0.15, 0.2) is 0 Å². The van der Waals surface area contributed by atoms with Crippen LogP contribution in [0.25, 0.3) is 0 Å². The summed E-state index contributed by atoms with van der Waals surface area (Å²) in [5, 5.41) is 3.44. The molecule has 2 nitrogen and oxygen atoms in total. The molecule has 1 aliphatic heterocycles. The zero-order valence-corrected chi connectivity index (χ0v) is 10.8. The fraction of sp³-hybridized carbons (Fsp3) is 0.500. The lowest BCUT2D eigenvalue weighted by Gasteiger charge is -2.36.